The summed E-state index contributed by atoms with van der Waals surface area (Å²) in [6.45, 7) is 1.50. The van der Waals surface area contributed by atoms with Gasteiger partial charge in [-0.3, -0.25) is 0 Å². The maximum absolute atomic E-state index is 13.2. The summed E-state index contributed by atoms with van der Waals surface area (Å²) in [4.78, 5) is 2.17. The van der Waals surface area contributed by atoms with Crippen molar-refractivity contribution in [2.45, 2.75) is 6.54 Å². The quantitative estimate of drug-likeness (QED) is 0.825. The van der Waals surface area contributed by atoms with Crippen LogP contribution in [0.2, 0.25) is 0 Å². The van der Waals surface area contributed by atoms with Crippen molar-refractivity contribution in [2.24, 2.45) is 0 Å². The zero-order chi connectivity index (χ0) is 13.4. The van der Waals surface area contributed by atoms with E-state index in [1.54, 1.807) is 17.8 Å². The van der Waals surface area contributed by atoms with Crippen LogP contribution in [0.4, 0.5) is 4.39 Å². The fraction of sp³-hybridized carbons (Fsp3) is 0.429. The molecule has 4 heteroatoms. The first-order valence-electron chi connectivity index (χ1n) is 5.73. The van der Waals surface area contributed by atoms with Crippen molar-refractivity contribution in [1.82, 2.24) is 4.90 Å². The third-order valence-electron chi connectivity index (χ3n) is 2.49. The van der Waals surface area contributed by atoms with Gasteiger partial charge in [0.2, 0.25) is 0 Å². The zero-order valence-electron chi connectivity index (χ0n) is 10.7. The monoisotopic (exact) mass is 267 g/mol. The third-order valence-corrected chi connectivity index (χ3v) is 3.08. The number of aliphatic hydroxyl groups excluding tert-OH is 1. The average Bonchev–Trinajstić information content (AvgIpc) is 2.36. The van der Waals surface area contributed by atoms with E-state index in [9.17, 15) is 4.39 Å². The van der Waals surface area contributed by atoms with E-state index >= 15 is 0 Å². The lowest BCUT2D eigenvalue weighted by Crippen LogP contribution is -2.21. The molecule has 0 aromatic heterocycles. The molecule has 1 aromatic rings. The molecular weight excluding hydrogens is 249 g/mol. The Hall–Kier alpha value is -1.02. The predicted octanol–water partition coefficient (Wildman–Crippen LogP) is 1.96. The molecule has 2 nitrogen and oxygen atoms in total. The molecule has 0 unspecified atom stereocenters. The van der Waals surface area contributed by atoms with Gasteiger partial charge < -0.3 is 10.0 Å². The van der Waals surface area contributed by atoms with Crippen LogP contribution in [0.5, 0.6) is 0 Å². The van der Waals surface area contributed by atoms with Gasteiger partial charge in [0.15, 0.2) is 0 Å². The first kappa shape index (κ1) is 15.0. The van der Waals surface area contributed by atoms with Crippen molar-refractivity contribution in [1.29, 1.82) is 0 Å². The molecule has 0 saturated heterocycles. The van der Waals surface area contributed by atoms with Gasteiger partial charge in [-0.1, -0.05) is 17.9 Å². The highest BCUT2D eigenvalue weighted by Gasteiger charge is 2.05. The number of aliphatic hydroxyl groups is 1. The van der Waals surface area contributed by atoms with Crippen molar-refractivity contribution in [3.8, 4) is 11.8 Å². The van der Waals surface area contributed by atoms with E-state index in [2.05, 4.69) is 23.0 Å². The van der Waals surface area contributed by atoms with Crippen molar-refractivity contribution in [2.75, 3.05) is 32.2 Å². The molecule has 0 aliphatic heterocycles. The molecule has 0 radical (unpaired) electrons. The molecule has 0 aliphatic carbocycles. The van der Waals surface area contributed by atoms with Gasteiger partial charge in [0.1, 0.15) is 12.4 Å². The van der Waals surface area contributed by atoms with Gasteiger partial charge in [-0.05, 0) is 31.0 Å². The Morgan fingerprint density at radius 1 is 1.44 bits per heavy atom. The minimum absolute atomic E-state index is 0.210. The molecule has 1 N–H and O–H groups in total. The summed E-state index contributed by atoms with van der Waals surface area (Å²) >= 11 is 1.80. The SMILES string of the molecule is CSCCN(C)Cc1ccc(F)cc1C#CCO. The van der Waals surface area contributed by atoms with Crippen molar-refractivity contribution >= 4 is 11.8 Å². The van der Waals surface area contributed by atoms with Crippen molar-refractivity contribution in [3.05, 3.63) is 35.1 Å². The number of halogens is 1. The Kier molecular flexibility index (Phi) is 6.81. The molecule has 1 rings (SSSR count). The van der Waals surface area contributed by atoms with Gasteiger partial charge in [-0.15, -0.1) is 0 Å². The van der Waals surface area contributed by atoms with Gasteiger partial charge >= 0.3 is 0 Å². The maximum Gasteiger partial charge on any atom is 0.124 e. The summed E-state index contributed by atoms with van der Waals surface area (Å²) in [5.74, 6) is 6.12. The van der Waals surface area contributed by atoms with Gasteiger partial charge in [-0.25, -0.2) is 4.39 Å². The summed E-state index contributed by atoms with van der Waals surface area (Å²) in [5, 5.41) is 8.71. The fourth-order valence-electron chi connectivity index (χ4n) is 1.55. The number of hydrogen-bond donors (Lipinski definition) is 1. The highest BCUT2D eigenvalue weighted by Crippen LogP contribution is 2.12. The van der Waals surface area contributed by atoms with Crippen LogP contribution in [-0.2, 0) is 6.54 Å². The van der Waals surface area contributed by atoms with Crippen LogP contribution in [0.25, 0.3) is 0 Å². The Labute approximate surface area is 112 Å². The minimum atomic E-state index is -0.298. The molecule has 98 valence electrons. The lowest BCUT2D eigenvalue weighted by Gasteiger charge is -2.17. The van der Waals surface area contributed by atoms with Crippen molar-refractivity contribution in [3.63, 3.8) is 0 Å². The second kappa shape index (κ2) is 8.15. The summed E-state index contributed by atoms with van der Waals surface area (Å²) in [6.07, 6.45) is 2.07. The van der Waals surface area contributed by atoms with E-state index in [-0.39, 0.29) is 12.4 Å². The summed E-state index contributed by atoms with van der Waals surface area (Å²) in [5.41, 5.74) is 1.64. The third kappa shape index (κ3) is 5.09. The number of nitrogens with zero attached hydrogens (tertiary/aromatic N) is 1. The Bertz CT molecular complexity index is 439. The normalized spacial score (nSPS) is 10.3. The second-order valence-electron chi connectivity index (χ2n) is 3.99. The van der Waals surface area contributed by atoms with Crippen LogP contribution < -0.4 is 0 Å². The first-order chi connectivity index (χ1) is 8.67. The fourth-order valence-corrected chi connectivity index (χ4v) is 2.05. The van der Waals surface area contributed by atoms with Gasteiger partial charge in [0, 0.05) is 24.4 Å². The molecule has 0 aliphatic rings. The van der Waals surface area contributed by atoms with Crippen LogP contribution >= 0.6 is 11.8 Å². The lowest BCUT2D eigenvalue weighted by atomic mass is 10.1. The molecule has 0 bridgehead atoms. The number of hydrogen-bond acceptors (Lipinski definition) is 3. The smallest absolute Gasteiger partial charge is 0.124 e. The highest BCUT2D eigenvalue weighted by atomic mass is 32.2. The molecule has 0 heterocycles. The largest absolute Gasteiger partial charge is 0.384 e. The number of thioether (sulfide) groups is 1. The van der Waals surface area contributed by atoms with E-state index in [0.29, 0.717) is 5.56 Å². The standard InChI is InChI=1S/C14H18FNOS/c1-16(7-9-18-2)11-13-5-6-14(15)10-12(13)4-3-8-17/h5-6,10,17H,7-9,11H2,1-2H3. The zero-order valence-corrected chi connectivity index (χ0v) is 11.6. The van der Waals surface area contributed by atoms with E-state index in [0.717, 1.165) is 24.4 Å². The molecule has 0 saturated carbocycles. The van der Waals surface area contributed by atoms with Gasteiger partial charge in [-0.2, -0.15) is 11.8 Å². The molecule has 1 aromatic carbocycles. The van der Waals surface area contributed by atoms with Crippen LogP contribution in [-0.4, -0.2) is 42.2 Å². The Balaban J connectivity index is 2.80. The van der Waals surface area contributed by atoms with E-state index in [4.69, 9.17) is 5.11 Å². The van der Waals surface area contributed by atoms with Crippen LogP contribution in [0.15, 0.2) is 18.2 Å². The van der Waals surface area contributed by atoms with Crippen molar-refractivity contribution < 1.29 is 9.50 Å². The number of rotatable bonds is 5. The number of benzene rings is 1. The molecule has 0 atom stereocenters. The highest BCUT2D eigenvalue weighted by molar-refractivity contribution is 7.98. The maximum atomic E-state index is 13.2. The Morgan fingerprint density at radius 2 is 2.22 bits per heavy atom. The summed E-state index contributed by atoms with van der Waals surface area (Å²) in [7, 11) is 2.03. The Morgan fingerprint density at radius 3 is 2.89 bits per heavy atom. The van der Waals surface area contributed by atoms with Crippen LogP contribution in [0, 0.1) is 17.7 Å². The van der Waals surface area contributed by atoms with Gasteiger partial charge in [0.05, 0.1) is 0 Å². The average molecular weight is 267 g/mol. The van der Waals surface area contributed by atoms with E-state index in [1.165, 1.54) is 12.1 Å². The summed E-state index contributed by atoms with van der Waals surface area (Å²) in [6, 6.07) is 4.62. The van der Waals surface area contributed by atoms with E-state index < -0.39 is 0 Å². The molecule has 18 heavy (non-hydrogen) atoms. The first-order valence-corrected chi connectivity index (χ1v) is 7.12. The lowest BCUT2D eigenvalue weighted by molar-refractivity contribution is 0.348. The molecular formula is C14H18FNOS. The topological polar surface area (TPSA) is 23.5 Å². The second-order valence-corrected chi connectivity index (χ2v) is 4.98. The van der Waals surface area contributed by atoms with Gasteiger partial charge in [0.25, 0.3) is 0 Å². The van der Waals surface area contributed by atoms with Crippen LogP contribution in [0.1, 0.15) is 11.1 Å². The molecule has 0 spiro atoms. The molecule has 0 amide bonds. The minimum Gasteiger partial charge on any atom is -0.384 e. The van der Waals surface area contributed by atoms with E-state index in [1.807, 2.05) is 7.05 Å². The summed E-state index contributed by atoms with van der Waals surface area (Å²) < 4.78 is 13.2. The predicted molar refractivity (Wildman–Crippen MR) is 75.1 cm³/mol. The molecule has 0 fully saturated rings. The van der Waals surface area contributed by atoms with Crippen LogP contribution in [0.3, 0.4) is 0 Å².